The average Bonchev–Trinajstić information content (AvgIpc) is 2.26. The smallest absolute Gasteiger partial charge is 0.185 e. The second kappa shape index (κ2) is 4.95. The zero-order chi connectivity index (χ0) is 11.3. The second-order valence-electron chi connectivity index (χ2n) is 2.75. The van der Waals surface area contributed by atoms with Gasteiger partial charge in [0.15, 0.2) is 5.78 Å². The lowest BCUT2D eigenvalue weighted by molar-refractivity contribution is -0.297. The van der Waals surface area contributed by atoms with Crippen LogP contribution in [-0.2, 0) is 4.79 Å². The fourth-order valence-electron chi connectivity index (χ4n) is 0.995. The van der Waals surface area contributed by atoms with Crippen molar-refractivity contribution in [1.82, 2.24) is 0 Å². The standard InChI is InChI=1S/C11H10O4/c1-15-9-4-2-8(3-5-9)10(12)6-7-11(13)14/h2-7H,1H3,(H,13,14)/p-1/b7-6+. The molecule has 0 aliphatic heterocycles. The molecule has 0 fully saturated rings. The Morgan fingerprint density at radius 1 is 1.20 bits per heavy atom. The third-order valence-corrected chi connectivity index (χ3v) is 1.75. The highest BCUT2D eigenvalue weighted by Crippen LogP contribution is 2.11. The van der Waals surface area contributed by atoms with Crippen molar-refractivity contribution in [2.45, 2.75) is 0 Å². The van der Waals surface area contributed by atoms with Crippen molar-refractivity contribution in [3.8, 4) is 5.75 Å². The Kier molecular flexibility index (Phi) is 3.62. The number of allylic oxidation sites excluding steroid dienone is 1. The van der Waals surface area contributed by atoms with Crippen molar-refractivity contribution >= 4 is 11.8 Å². The van der Waals surface area contributed by atoms with Crippen LogP contribution in [-0.4, -0.2) is 18.9 Å². The van der Waals surface area contributed by atoms with Gasteiger partial charge in [-0.05, 0) is 36.4 Å². The summed E-state index contributed by atoms with van der Waals surface area (Å²) in [6.07, 6.45) is 1.66. The molecule has 0 N–H and O–H groups in total. The van der Waals surface area contributed by atoms with Gasteiger partial charge in [0.25, 0.3) is 0 Å². The van der Waals surface area contributed by atoms with E-state index >= 15 is 0 Å². The molecular formula is C11H9O4-. The van der Waals surface area contributed by atoms with E-state index in [1.165, 1.54) is 7.11 Å². The van der Waals surface area contributed by atoms with E-state index in [2.05, 4.69) is 0 Å². The first-order valence-corrected chi connectivity index (χ1v) is 4.21. The van der Waals surface area contributed by atoms with Crippen molar-refractivity contribution in [3.05, 3.63) is 42.0 Å². The Morgan fingerprint density at radius 2 is 1.80 bits per heavy atom. The molecule has 15 heavy (non-hydrogen) atoms. The van der Waals surface area contributed by atoms with E-state index < -0.39 is 5.97 Å². The Balaban J connectivity index is 2.79. The Labute approximate surface area is 86.8 Å². The summed E-state index contributed by atoms with van der Waals surface area (Å²) in [4.78, 5) is 21.4. The van der Waals surface area contributed by atoms with Crippen LogP contribution in [0.3, 0.4) is 0 Å². The summed E-state index contributed by atoms with van der Waals surface area (Å²) in [6, 6.07) is 6.36. The predicted octanol–water partition coefficient (Wildman–Crippen LogP) is 0.184. The van der Waals surface area contributed by atoms with Crippen LogP contribution in [0.25, 0.3) is 0 Å². The zero-order valence-electron chi connectivity index (χ0n) is 8.10. The fourth-order valence-corrected chi connectivity index (χ4v) is 0.995. The third-order valence-electron chi connectivity index (χ3n) is 1.75. The molecule has 1 aromatic carbocycles. The molecule has 0 amide bonds. The molecule has 4 nitrogen and oxygen atoms in total. The molecule has 1 rings (SSSR count). The normalized spacial score (nSPS) is 10.2. The van der Waals surface area contributed by atoms with E-state index in [0.29, 0.717) is 17.4 Å². The number of carbonyl (C=O) groups excluding carboxylic acids is 2. The first-order valence-electron chi connectivity index (χ1n) is 4.21. The van der Waals surface area contributed by atoms with Gasteiger partial charge in [-0.2, -0.15) is 0 Å². The Morgan fingerprint density at radius 3 is 2.27 bits per heavy atom. The van der Waals surface area contributed by atoms with Gasteiger partial charge in [-0.1, -0.05) is 0 Å². The Hall–Kier alpha value is -2.10. The number of carbonyl (C=O) groups is 2. The van der Waals surface area contributed by atoms with E-state index in [9.17, 15) is 14.7 Å². The van der Waals surface area contributed by atoms with E-state index in [1.807, 2.05) is 0 Å². The van der Waals surface area contributed by atoms with Crippen molar-refractivity contribution in [3.63, 3.8) is 0 Å². The third kappa shape index (κ3) is 3.27. The zero-order valence-corrected chi connectivity index (χ0v) is 8.10. The maximum Gasteiger partial charge on any atom is 0.185 e. The highest BCUT2D eigenvalue weighted by atomic mass is 16.5. The quantitative estimate of drug-likeness (QED) is 0.519. The lowest BCUT2D eigenvalue weighted by Crippen LogP contribution is -2.19. The molecule has 0 saturated heterocycles. The number of ether oxygens (including phenoxy) is 1. The molecule has 0 bridgehead atoms. The number of hydrogen-bond acceptors (Lipinski definition) is 4. The van der Waals surface area contributed by atoms with Gasteiger partial charge in [0.1, 0.15) is 5.75 Å². The molecule has 0 spiro atoms. The minimum atomic E-state index is -1.39. The lowest BCUT2D eigenvalue weighted by Gasteiger charge is -2.00. The van der Waals surface area contributed by atoms with Crippen LogP contribution in [0.5, 0.6) is 5.75 Å². The number of carboxylic acids is 1. The highest BCUT2D eigenvalue weighted by Gasteiger charge is 2.00. The van der Waals surface area contributed by atoms with Crippen LogP contribution < -0.4 is 9.84 Å². The van der Waals surface area contributed by atoms with Crippen LogP contribution in [0.15, 0.2) is 36.4 Å². The van der Waals surface area contributed by atoms with Gasteiger partial charge in [0.2, 0.25) is 0 Å². The predicted molar refractivity (Wildman–Crippen MR) is 51.5 cm³/mol. The maximum atomic E-state index is 11.3. The maximum absolute atomic E-state index is 11.3. The van der Waals surface area contributed by atoms with Crippen molar-refractivity contribution < 1.29 is 19.4 Å². The van der Waals surface area contributed by atoms with Crippen molar-refractivity contribution in [2.75, 3.05) is 7.11 Å². The molecule has 4 heteroatoms. The summed E-state index contributed by atoms with van der Waals surface area (Å²) in [5, 5.41) is 10.1. The van der Waals surface area contributed by atoms with Gasteiger partial charge < -0.3 is 14.6 Å². The number of rotatable bonds is 4. The number of carboxylic acid groups (broad SMARTS) is 1. The lowest BCUT2D eigenvalue weighted by atomic mass is 10.1. The van der Waals surface area contributed by atoms with E-state index in [1.54, 1.807) is 24.3 Å². The van der Waals surface area contributed by atoms with Gasteiger partial charge in [-0.15, -0.1) is 0 Å². The van der Waals surface area contributed by atoms with Gasteiger partial charge in [0, 0.05) is 5.56 Å². The van der Waals surface area contributed by atoms with Gasteiger partial charge in [0.05, 0.1) is 13.1 Å². The van der Waals surface area contributed by atoms with Crippen molar-refractivity contribution in [1.29, 1.82) is 0 Å². The summed E-state index contributed by atoms with van der Waals surface area (Å²) >= 11 is 0. The topological polar surface area (TPSA) is 66.4 Å². The minimum Gasteiger partial charge on any atom is -0.545 e. The van der Waals surface area contributed by atoms with Crippen LogP contribution in [0.1, 0.15) is 10.4 Å². The molecule has 78 valence electrons. The van der Waals surface area contributed by atoms with E-state index in [4.69, 9.17) is 4.74 Å². The summed E-state index contributed by atoms with van der Waals surface area (Å²) in [5.74, 6) is -1.14. The SMILES string of the molecule is COc1ccc(C(=O)/C=C/C(=O)[O-])cc1. The van der Waals surface area contributed by atoms with E-state index in [0.717, 1.165) is 6.08 Å². The van der Waals surface area contributed by atoms with Gasteiger partial charge >= 0.3 is 0 Å². The fraction of sp³-hybridized carbons (Fsp3) is 0.0909. The van der Waals surface area contributed by atoms with Crippen LogP contribution in [0.2, 0.25) is 0 Å². The number of aliphatic carboxylic acids is 1. The summed E-state index contributed by atoms with van der Waals surface area (Å²) < 4.78 is 4.91. The first-order chi connectivity index (χ1) is 7.13. The second-order valence-corrected chi connectivity index (χ2v) is 2.75. The summed E-state index contributed by atoms with van der Waals surface area (Å²) in [5.41, 5.74) is 0.397. The number of hydrogen-bond donors (Lipinski definition) is 0. The molecule has 0 aliphatic rings. The monoisotopic (exact) mass is 205 g/mol. The number of methoxy groups -OCH3 is 1. The molecular weight excluding hydrogens is 196 g/mol. The summed E-state index contributed by atoms with van der Waals surface area (Å²) in [7, 11) is 1.52. The minimum absolute atomic E-state index is 0.387. The van der Waals surface area contributed by atoms with Crippen LogP contribution >= 0.6 is 0 Å². The molecule has 0 saturated carbocycles. The largest absolute Gasteiger partial charge is 0.545 e. The molecule has 0 radical (unpaired) electrons. The molecule has 0 aliphatic carbocycles. The summed E-state index contributed by atoms with van der Waals surface area (Å²) in [6.45, 7) is 0. The molecule has 0 heterocycles. The van der Waals surface area contributed by atoms with E-state index in [-0.39, 0.29) is 5.78 Å². The Bertz CT molecular complexity index is 390. The molecule has 0 atom stereocenters. The number of ketones is 1. The van der Waals surface area contributed by atoms with Crippen LogP contribution in [0, 0.1) is 0 Å². The molecule has 0 unspecified atom stereocenters. The highest BCUT2D eigenvalue weighted by molar-refractivity contribution is 6.06. The molecule has 0 aromatic heterocycles. The van der Waals surface area contributed by atoms with Gasteiger partial charge in [-0.25, -0.2) is 0 Å². The van der Waals surface area contributed by atoms with Crippen molar-refractivity contribution in [2.24, 2.45) is 0 Å². The van der Waals surface area contributed by atoms with Crippen LogP contribution in [0.4, 0.5) is 0 Å². The number of benzene rings is 1. The average molecular weight is 205 g/mol. The molecule has 1 aromatic rings. The van der Waals surface area contributed by atoms with Gasteiger partial charge in [-0.3, -0.25) is 4.79 Å². The first kappa shape index (κ1) is 11.0.